The second kappa shape index (κ2) is 5.19. The van der Waals surface area contributed by atoms with Crippen LogP contribution in [0.25, 0.3) is 0 Å². The minimum Gasteiger partial charge on any atom is -0.388 e. The Morgan fingerprint density at radius 3 is 2.13 bits per heavy atom. The smallest absolute Gasteiger partial charge is 0.141 e. The van der Waals surface area contributed by atoms with Crippen molar-refractivity contribution >= 4 is 40.1 Å². The number of anilines is 1. The van der Waals surface area contributed by atoms with Gasteiger partial charge in [-0.25, -0.2) is 0 Å². The summed E-state index contributed by atoms with van der Waals surface area (Å²) >= 11 is 10.1. The first-order valence-corrected chi connectivity index (χ1v) is 5.53. The van der Waals surface area contributed by atoms with Crippen LogP contribution in [0.1, 0.15) is 13.8 Å². The molecule has 0 fully saturated rings. The van der Waals surface area contributed by atoms with Crippen LogP contribution >= 0.6 is 24.4 Å². The molecule has 80 valence electrons. The molecular formula is C11H14N2S2. The molecule has 0 radical (unpaired) electrons. The van der Waals surface area contributed by atoms with Crippen molar-refractivity contribution in [2.45, 2.75) is 19.9 Å². The van der Waals surface area contributed by atoms with E-state index in [0.29, 0.717) is 4.99 Å². The van der Waals surface area contributed by atoms with Crippen LogP contribution in [0.5, 0.6) is 0 Å². The number of para-hydroxylation sites is 1. The van der Waals surface area contributed by atoms with E-state index in [2.05, 4.69) is 13.8 Å². The van der Waals surface area contributed by atoms with Crippen molar-refractivity contribution in [2.75, 3.05) is 4.90 Å². The lowest BCUT2D eigenvalue weighted by Crippen LogP contribution is -2.42. The standard InChI is InChI=1S/C11H14N2S2/c1-8(2)13(11(15)10(12)14)9-6-4-3-5-7-9/h3-8H,1-2H3,(H2,12,14). The van der Waals surface area contributed by atoms with Gasteiger partial charge in [-0.3, -0.25) is 0 Å². The van der Waals surface area contributed by atoms with E-state index in [-0.39, 0.29) is 11.0 Å². The van der Waals surface area contributed by atoms with Crippen LogP contribution in [0.2, 0.25) is 0 Å². The summed E-state index contributed by atoms with van der Waals surface area (Å²) in [5.41, 5.74) is 6.58. The van der Waals surface area contributed by atoms with Gasteiger partial charge in [0.15, 0.2) is 0 Å². The quantitative estimate of drug-likeness (QED) is 0.802. The van der Waals surface area contributed by atoms with Gasteiger partial charge in [0, 0.05) is 11.7 Å². The summed E-state index contributed by atoms with van der Waals surface area (Å²) in [4.78, 5) is 2.74. The molecule has 0 heterocycles. The summed E-state index contributed by atoms with van der Waals surface area (Å²) in [5, 5.41) is 0. The minimum atomic E-state index is 0.237. The zero-order chi connectivity index (χ0) is 11.4. The summed E-state index contributed by atoms with van der Waals surface area (Å²) in [6.45, 7) is 4.11. The Morgan fingerprint density at radius 2 is 1.73 bits per heavy atom. The molecule has 0 amide bonds. The van der Waals surface area contributed by atoms with E-state index in [0.717, 1.165) is 5.69 Å². The minimum absolute atomic E-state index is 0.237. The molecule has 0 saturated heterocycles. The molecule has 0 spiro atoms. The summed E-state index contributed by atoms with van der Waals surface area (Å²) in [6.07, 6.45) is 0. The third-order valence-corrected chi connectivity index (χ3v) is 2.72. The molecular weight excluding hydrogens is 224 g/mol. The lowest BCUT2D eigenvalue weighted by Gasteiger charge is -2.28. The Kier molecular flexibility index (Phi) is 4.17. The van der Waals surface area contributed by atoms with Crippen molar-refractivity contribution in [2.24, 2.45) is 5.73 Å². The summed E-state index contributed by atoms with van der Waals surface area (Å²) < 4.78 is 0. The maximum Gasteiger partial charge on any atom is 0.141 e. The number of hydrogen-bond acceptors (Lipinski definition) is 2. The van der Waals surface area contributed by atoms with Crippen LogP contribution in [-0.2, 0) is 0 Å². The Labute approximate surface area is 101 Å². The molecule has 2 N–H and O–H groups in total. The van der Waals surface area contributed by atoms with Crippen molar-refractivity contribution in [3.63, 3.8) is 0 Å². The van der Waals surface area contributed by atoms with E-state index < -0.39 is 0 Å². The summed E-state index contributed by atoms with van der Waals surface area (Å²) in [7, 11) is 0. The zero-order valence-corrected chi connectivity index (χ0v) is 10.4. The Morgan fingerprint density at radius 1 is 1.20 bits per heavy atom. The predicted molar refractivity (Wildman–Crippen MR) is 73.4 cm³/mol. The second-order valence-corrected chi connectivity index (χ2v) is 4.30. The summed E-state index contributed by atoms with van der Waals surface area (Å²) in [5.74, 6) is 0. The average Bonchev–Trinajstić information content (AvgIpc) is 2.18. The van der Waals surface area contributed by atoms with Gasteiger partial charge >= 0.3 is 0 Å². The highest BCUT2D eigenvalue weighted by Gasteiger charge is 2.16. The molecule has 2 nitrogen and oxygen atoms in total. The van der Waals surface area contributed by atoms with Crippen LogP contribution in [0.4, 0.5) is 5.69 Å². The molecule has 1 aromatic rings. The van der Waals surface area contributed by atoms with Crippen molar-refractivity contribution in [1.82, 2.24) is 0 Å². The van der Waals surface area contributed by atoms with Gasteiger partial charge in [-0.2, -0.15) is 0 Å². The van der Waals surface area contributed by atoms with E-state index in [4.69, 9.17) is 30.2 Å². The number of rotatable bonds is 2. The van der Waals surface area contributed by atoms with Crippen LogP contribution in [0.3, 0.4) is 0 Å². The largest absolute Gasteiger partial charge is 0.388 e. The number of hydrogen-bond donors (Lipinski definition) is 1. The Hall–Kier alpha value is -1.00. The van der Waals surface area contributed by atoms with Gasteiger partial charge < -0.3 is 10.6 Å². The van der Waals surface area contributed by atoms with E-state index in [1.807, 2.05) is 35.2 Å². The molecule has 0 aromatic heterocycles. The maximum atomic E-state index is 5.56. The third-order valence-electron chi connectivity index (χ3n) is 1.98. The van der Waals surface area contributed by atoms with Crippen molar-refractivity contribution in [1.29, 1.82) is 0 Å². The number of thiocarbonyl (C=S) groups is 2. The lowest BCUT2D eigenvalue weighted by molar-refractivity contribution is 0.815. The van der Waals surface area contributed by atoms with Gasteiger partial charge in [0.1, 0.15) is 9.98 Å². The van der Waals surface area contributed by atoms with Crippen LogP contribution in [0, 0.1) is 0 Å². The maximum absolute atomic E-state index is 5.56. The fraction of sp³-hybridized carbons (Fsp3) is 0.273. The normalized spacial score (nSPS) is 10.1. The highest BCUT2D eigenvalue weighted by atomic mass is 32.1. The van der Waals surface area contributed by atoms with E-state index in [1.54, 1.807) is 0 Å². The number of benzene rings is 1. The molecule has 0 unspecified atom stereocenters. The van der Waals surface area contributed by atoms with Gasteiger partial charge in [-0.15, -0.1) is 0 Å². The predicted octanol–water partition coefficient (Wildman–Crippen LogP) is 2.51. The van der Waals surface area contributed by atoms with Gasteiger partial charge in [-0.05, 0) is 26.0 Å². The molecule has 0 aliphatic rings. The van der Waals surface area contributed by atoms with Crippen molar-refractivity contribution in [3.05, 3.63) is 30.3 Å². The molecule has 4 heteroatoms. The molecule has 0 saturated carbocycles. The Balaban J connectivity index is 3.04. The van der Waals surface area contributed by atoms with Gasteiger partial charge in [-0.1, -0.05) is 42.6 Å². The molecule has 0 aliphatic heterocycles. The van der Waals surface area contributed by atoms with Crippen molar-refractivity contribution in [3.8, 4) is 0 Å². The second-order valence-electron chi connectivity index (χ2n) is 3.47. The first-order chi connectivity index (χ1) is 7.04. The molecule has 0 atom stereocenters. The highest BCUT2D eigenvalue weighted by molar-refractivity contribution is 7.89. The topological polar surface area (TPSA) is 29.3 Å². The van der Waals surface area contributed by atoms with Gasteiger partial charge in [0.2, 0.25) is 0 Å². The number of nitrogens with zero attached hydrogens (tertiary/aromatic N) is 1. The molecule has 1 aromatic carbocycles. The lowest BCUT2D eigenvalue weighted by atomic mass is 10.2. The van der Waals surface area contributed by atoms with Crippen molar-refractivity contribution < 1.29 is 0 Å². The summed E-state index contributed by atoms with van der Waals surface area (Å²) in [6, 6.07) is 10.1. The Bertz CT molecular complexity index is 360. The SMILES string of the molecule is CC(C)N(C(=S)C(N)=S)c1ccccc1. The van der Waals surface area contributed by atoms with E-state index in [9.17, 15) is 0 Å². The molecule has 1 rings (SSSR count). The van der Waals surface area contributed by atoms with Gasteiger partial charge in [0.25, 0.3) is 0 Å². The van der Waals surface area contributed by atoms with Gasteiger partial charge in [0.05, 0.1) is 0 Å². The fourth-order valence-electron chi connectivity index (χ4n) is 1.36. The monoisotopic (exact) mass is 238 g/mol. The molecule has 0 bridgehead atoms. The third kappa shape index (κ3) is 2.97. The number of nitrogens with two attached hydrogens (primary N) is 1. The average molecular weight is 238 g/mol. The van der Waals surface area contributed by atoms with Crippen LogP contribution in [0.15, 0.2) is 30.3 Å². The van der Waals surface area contributed by atoms with E-state index in [1.165, 1.54) is 0 Å². The fourth-order valence-corrected chi connectivity index (χ4v) is 1.77. The molecule has 15 heavy (non-hydrogen) atoms. The van der Waals surface area contributed by atoms with Crippen LogP contribution in [-0.4, -0.2) is 16.0 Å². The zero-order valence-electron chi connectivity index (χ0n) is 8.81. The first-order valence-electron chi connectivity index (χ1n) is 4.72. The first kappa shape index (κ1) is 12.1. The van der Waals surface area contributed by atoms with E-state index >= 15 is 0 Å². The molecule has 0 aliphatic carbocycles. The highest BCUT2D eigenvalue weighted by Crippen LogP contribution is 2.17. The van der Waals surface area contributed by atoms with Crippen LogP contribution < -0.4 is 10.6 Å².